The number of halogens is 2. The van der Waals surface area contributed by atoms with E-state index < -0.39 is 15.8 Å². The molecule has 6 aromatic rings. The van der Waals surface area contributed by atoms with Crippen LogP contribution in [0.4, 0.5) is 0 Å². The summed E-state index contributed by atoms with van der Waals surface area (Å²) in [6.45, 7) is 0. The van der Waals surface area contributed by atoms with Crippen LogP contribution in [0.1, 0.15) is 36.8 Å². The molecule has 1 fully saturated rings. The van der Waals surface area contributed by atoms with E-state index in [1.54, 1.807) is 0 Å². The Kier molecular flexibility index (Phi) is 16.7. The quantitative estimate of drug-likeness (QED) is 0.115. The summed E-state index contributed by atoms with van der Waals surface area (Å²) in [5, 5.41) is 8.09. The Labute approximate surface area is 336 Å². The van der Waals surface area contributed by atoms with Crippen LogP contribution in [-0.4, -0.2) is 24.5 Å². The van der Waals surface area contributed by atoms with Crippen LogP contribution in [0.15, 0.2) is 180 Å². The molecule has 0 unspecified atom stereocenters. The molecule has 7 rings (SSSR count). The predicted molar refractivity (Wildman–Crippen MR) is 212 cm³/mol. The van der Waals surface area contributed by atoms with E-state index in [1.807, 2.05) is 0 Å². The van der Waals surface area contributed by atoms with Gasteiger partial charge >= 0.3 is 16.5 Å². The summed E-state index contributed by atoms with van der Waals surface area (Å²) in [6, 6.07) is 61.7. The fraction of sp³-hybridized carbons (Fsp3) is 0.136. The van der Waals surface area contributed by atoms with Crippen LogP contribution < -0.4 is 65.8 Å². The average molecular weight is 877 g/mol. The van der Waals surface area contributed by atoms with E-state index in [-0.39, 0.29) is 62.5 Å². The van der Waals surface area contributed by atoms with Gasteiger partial charge in [0.2, 0.25) is 0 Å². The number of nitrogens with zero attached hydrogens (tertiary/aromatic N) is 2. The van der Waals surface area contributed by atoms with Crippen LogP contribution in [0.3, 0.4) is 0 Å². The van der Waals surface area contributed by atoms with Crippen LogP contribution >= 0.6 is 15.8 Å². The second kappa shape index (κ2) is 20.9. The van der Waals surface area contributed by atoms with Gasteiger partial charge in [-0.25, -0.2) is 0 Å². The van der Waals surface area contributed by atoms with Crippen LogP contribution in [0.5, 0.6) is 0 Å². The molecule has 1 aliphatic rings. The molecular weight excluding hydrogens is 837 g/mol. The summed E-state index contributed by atoms with van der Waals surface area (Å²) in [4.78, 5) is 10.6. The number of hydrogen-bond donors (Lipinski definition) is 0. The first-order valence-electron chi connectivity index (χ1n) is 16.9. The third-order valence-corrected chi connectivity index (χ3v) is 14.0. The van der Waals surface area contributed by atoms with Gasteiger partial charge in [0.15, 0.2) is 0 Å². The molecule has 1 saturated carbocycles. The van der Waals surface area contributed by atoms with E-state index in [0.717, 1.165) is 12.8 Å². The molecule has 0 heterocycles. The molecule has 0 spiro atoms. The molecule has 1 aliphatic carbocycles. The van der Waals surface area contributed by atoms with Crippen molar-refractivity contribution in [3.63, 3.8) is 0 Å². The van der Waals surface area contributed by atoms with Crippen molar-refractivity contribution >= 4 is 60.1 Å². The zero-order valence-electron chi connectivity index (χ0n) is 28.2. The molecule has 6 aromatic carbocycles. The third-order valence-electron chi connectivity index (χ3n) is 8.92. The van der Waals surface area contributed by atoms with E-state index in [2.05, 4.69) is 182 Å². The minimum atomic E-state index is -0.712. The van der Waals surface area contributed by atoms with Gasteiger partial charge in [-0.1, -0.05) is 183 Å². The van der Waals surface area contributed by atoms with Crippen LogP contribution in [-0.2, 0) is 16.5 Å². The molecule has 2 atom stereocenters. The maximum absolute atomic E-state index is 5.31. The van der Waals surface area contributed by atoms with Gasteiger partial charge in [-0.3, -0.25) is 9.98 Å². The van der Waals surface area contributed by atoms with Crippen molar-refractivity contribution in [2.24, 2.45) is 9.98 Å². The van der Waals surface area contributed by atoms with E-state index in [4.69, 9.17) is 9.98 Å². The fourth-order valence-electron chi connectivity index (χ4n) is 6.55. The van der Waals surface area contributed by atoms with E-state index in [9.17, 15) is 0 Å². The fourth-order valence-corrected chi connectivity index (χ4v) is 11.4. The maximum Gasteiger partial charge on any atom is 2.00 e. The van der Waals surface area contributed by atoms with E-state index in [1.165, 1.54) is 55.8 Å². The normalized spacial score (nSPS) is 15.6. The number of benzene rings is 6. The monoisotopic (exact) mass is 874 g/mol. The number of hydrogen-bond acceptors (Lipinski definition) is 2. The Morgan fingerprint density at radius 3 is 0.980 bits per heavy atom. The Morgan fingerprint density at radius 1 is 0.392 bits per heavy atom. The Balaban J connectivity index is 0.00000194. The first-order chi connectivity index (χ1) is 23.8. The van der Waals surface area contributed by atoms with E-state index >= 15 is 0 Å². The van der Waals surface area contributed by atoms with Crippen molar-refractivity contribution in [1.82, 2.24) is 0 Å². The molecule has 0 aromatic heterocycles. The number of aliphatic imine (C=N–C) groups is 2. The largest absolute Gasteiger partial charge is 2.00 e. The minimum Gasteiger partial charge on any atom is -1.00 e. The zero-order valence-corrected chi connectivity index (χ0v) is 34.1. The van der Waals surface area contributed by atoms with Gasteiger partial charge in [-0.05, 0) is 60.5 Å². The smallest absolute Gasteiger partial charge is 1.00 e. The van der Waals surface area contributed by atoms with Gasteiger partial charge in [0, 0.05) is 23.6 Å². The predicted octanol–water partition coefficient (Wildman–Crippen LogP) is 2.06. The molecular formula is C44H40Br2N2NiP2. The van der Waals surface area contributed by atoms with Crippen molar-refractivity contribution in [2.45, 2.75) is 37.8 Å². The molecule has 0 aliphatic heterocycles. The van der Waals surface area contributed by atoms with E-state index in [0.29, 0.717) is 0 Å². The Hall–Kier alpha value is -3.03. The summed E-state index contributed by atoms with van der Waals surface area (Å²) in [5.74, 6) is 0. The van der Waals surface area contributed by atoms with Crippen molar-refractivity contribution in [1.29, 1.82) is 0 Å². The van der Waals surface area contributed by atoms with Gasteiger partial charge < -0.3 is 34.0 Å². The molecule has 2 nitrogen and oxygen atoms in total. The summed E-state index contributed by atoms with van der Waals surface area (Å²) in [7, 11) is -1.42. The van der Waals surface area contributed by atoms with Crippen molar-refractivity contribution in [3.8, 4) is 0 Å². The van der Waals surface area contributed by atoms with Crippen molar-refractivity contribution < 1.29 is 50.5 Å². The van der Waals surface area contributed by atoms with Crippen LogP contribution in [0, 0.1) is 0 Å². The second-order valence-corrected chi connectivity index (χ2v) is 16.5. The topological polar surface area (TPSA) is 24.7 Å². The summed E-state index contributed by atoms with van der Waals surface area (Å²) in [6.07, 6.45) is 8.81. The minimum absolute atomic E-state index is 0. The van der Waals surface area contributed by atoms with Crippen LogP contribution in [0.2, 0.25) is 0 Å². The molecule has 0 bridgehead atoms. The Bertz CT molecular complexity index is 1740. The first-order valence-corrected chi connectivity index (χ1v) is 19.6. The maximum atomic E-state index is 5.31. The second-order valence-electron chi connectivity index (χ2n) is 12.1. The van der Waals surface area contributed by atoms with Gasteiger partial charge in [0.1, 0.15) is 0 Å². The van der Waals surface area contributed by atoms with Gasteiger partial charge in [-0.2, -0.15) is 0 Å². The van der Waals surface area contributed by atoms with Crippen molar-refractivity contribution in [2.75, 3.05) is 0 Å². The summed E-state index contributed by atoms with van der Waals surface area (Å²) < 4.78 is 0. The molecule has 260 valence electrons. The molecule has 0 N–H and O–H groups in total. The van der Waals surface area contributed by atoms with Gasteiger partial charge in [0.25, 0.3) is 0 Å². The molecule has 0 amide bonds. The number of rotatable bonds is 10. The Morgan fingerprint density at radius 2 is 0.667 bits per heavy atom. The molecule has 0 radical (unpaired) electrons. The van der Waals surface area contributed by atoms with Gasteiger partial charge in [0.05, 0.1) is 12.1 Å². The first kappa shape index (κ1) is 40.7. The molecule has 51 heavy (non-hydrogen) atoms. The standard InChI is InChI=1S/C44H40N2P2.2BrH.Ni/c1-5-21-37(22-6-1)47(38-23-7-2-8-24-38)43-31-17-13-19-35(43)33-45-41-29-15-16-30-42(41)46-34-36-20-14-18-32-44(36)48(39-25-9-3-10-26-39)40-27-11-4-12-28-40;;;/h1-14,17-28,31-34,41-42H,15-16,29-30H2;2*1H;/q;;;+2/p-2/t41-,42-;;;/m1.../s1. The molecule has 7 heteroatoms. The molecule has 0 saturated heterocycles. The average Bonchev–Trinajstić information content (AvgIpc) is 3.16. The summed E-state index contributed by atoms with van der Waals surface area (Å²) >= 11 is 0. The summed E-state index contributed by atoms with van der Waals surface area (Å²) in [5.41, 5.74) is 2.40. The third kappa shape index (κ3) is 10.3. The van der Waals surface area contributed by atoms with Gasteiger partial charge in [-0.15, -0.1) is 0 Å². The zero-order chi connectivity index (χ0) is 32.4. The van der Waals surface area contributed by atoms with Crippen LogP contribution in [0.25, 0.3) is 0 Å². The SMILES string of the molecule is C(=N[C@@H]1CCCC[C@H]1N=Cc1ccccc1P(c1ccccc1)c1ccccc1)c1ccccc1P(c1ccccc1)c1ccccc1.[Br-].[Br-].[Ni+2]. The van der Waals surface area contributed by atoms with Crippen molar-refractivity contribution in [3.05, 3.63) is 181 Å².